The first-order valence-corrected chi connectivity index (χ1v) is 10.1. The van der Waals surface area contributed by atoms with Gasteiger partial charge in [0.15, 0.2) is 0 Å². The van der Waals surface area contributed by atoms with E-state index in [9.17, 15) is 9.59 Å². The van der Waals surface area contributed by atoms with Crippen molar-refractivity contribution in [3.05, 3.63) is 48.1 Å². The Kier molecular flexibility index (Phi) is 4.82. The van der Waals surface area contributed by atoms with Crippen molar-refractivity contribution in [1.82, 2.24) is 0 Å². The van der Waals surface area contributed by atoms with E-state index >= 15 is 0 Å². The van der Waals surface area contributed by atoms with Crippen molar-refractivity contribution in [2.75, 3.05) is 6.61 Å². The highest BCUT2D eigenvalue weighted by Gasteiger charge is 2.81. The molecule has 0 aromatic heterocycles. The third kappa shape index (κ3) is 3.01. The molecule has 6 nitrogen and oxygen atoms in total. The fourth-order valence-corrected chi connectivity index (χ4v) is 5.60. The smallest absolute Gasteiger partial charge is 0.331 e. The zero-order valence-corrected chi connectivity index (χ0v) is 17.1. The second-order valence-electron chi connectivity index (χ2n) is 8.96. The van der Waals surface area contributed by atoms with Crippen molar-refractivity contribution in [2.45, 2.75) is 63.9 Å². The minimum Gasteiger partial charge on any atom is -0.478 e. The summed E-state index contributed by atoms with van der Waals surface area (Å²) in [5, 5.41) is 8.54. The van der Waals surface area contributed by atoms with Gasteiger partial charge in [0.1, 0.15) is 11.7 Å². The Morgan fingerprint density at radius 1 is 1.21 bits per heavy atom. The van der Waals surface area contributed by atoms with Crippen LogP contribution >= 0.6 is 0 Å². The lowest BCUT2D eigenvalue weighted by atomic mass is 9.52. The Bertz CT molecular complexity index is 832. The lowest BCUT2D eigenvalue weighted by molar-refractivity contribution is -0.209. The van der Waals surface area contributed by atoms with Crippen molar-refractivity contribution in [3.8, 4) is 0 Å². The van der Waals surface area contributed by atoms with E-state index in [0.717, 1.165) is 18.9 Å². The van der Waals surface area contributed by atoms with Crippen molar-refractivity contribution in [3.63, 3.8) is 0 Å². The van der Waals surface area contributed by atoms with E-state index in [1.165, 1.54) is 17.7 Å². The Labute approximate surface area is 170 Å². The molecule has 2 heterocycles. The minimum atomic E-state index is -1.02. The highest BCUT2D eigenvalue weighted by molar-refractivity contribution is 5.82. The zero-order valence-electron chi connectivity index (χ0n) is 17.1. The molecule has 2 bridgehead atoms. The molecule has 3 fully saturated rings. The van der Waals surface area contributed by atoms with Crippen LogP contribution in [0.4, 0.5) is 0 Å². The monoisotopic (exact) mass is 400 g/mol. The predicted octanol–water partition coefficient (Wildman–Crippen LogP) is 3.34. The molecule has 2 aliphatic heterocycles. The van der Waals surface area contributed by atoms with E-state index < -0.39 is 11.9 Å². The van der Waals surface area contributed by atoms with Gasteiger partial charge in [0.2, 0.25) is 0 Å². The average Bonchev–Trinajstić information content (AvgIpc) is 3.43. The number of esters is 1. The molecule has 0 aromatic rings. The van der Waals surface area contributed by atoms with Crippen molar-refractivity contribution < 1.29 is 28.9 Å². The third-order valence-corrected chi connectivity index (χ3v) is 7.59. The number of hydrogen-bond donors (Lipinski definition) is 1. The predicted molar refractivity (Wildman–Crippen MR) is 106 cm³/mol. The van der Waals surface area contributed by atoms with E-state index in [1.54, 1.807) is 18.2 Å². The second-order valence-corrected chi connectivity index (χ2v) is 8.96. The molecule has 0 radical (unpaired) electrons. The maximum Gasteiger partial charge on any atom is 0.331 e. The number of aliphatic carboxylic acids is 1. The molecule has 0 aromatic carbocycles. The summed E-state index contributed by atoms with van der Waals surface area (Å²) >= 11 is 0. The Morgan fingerprint density at radius 3 is 2.55 bits per heavy atom. The summed E-state index contributed by atoms with van der Waals surface area (Å²) in [4.78, 5) is 22.9. The number of rotatable bonds is 5. The van der Waals surface area contributed by atoms with Crippen LogP contribution in [0.3, 0.4) is 0 Å². The van der Waals surface area contributed by atoms with E-state index in [0.29, 0.717) is 13.0 Å². The van der Waals surface area contributed by atoms with E-state index in [-0.39, 0.29) is 34.7 Å². The highest BCUT2D eigenvalue weighted by atomic mass is 16.6. The van der Waals surface area contributed by atoms with Gasteiger partial charge in [-0.1, -0.05) is 49.8 Å². The molecule has 4 rings (SSSR count). The van der Waals surface area contributed by atoms with Crippen LogP contribution in [0.5, 0.6) is 0 Å². The average molecular weight is 400 g/mol. The van der Waals surface area contributed by atoms with Gasteiger partial charge in [-0.05, 0) is 19.8 Å². The van der Waals surface area contributed by atoms with Gasteiger partial charge in [0, 0.05) is 29.4 Å². The van der Waals surface area contributed by atoms with Crippen molar-refractivity contribution >= 4 is 11.9 Å². The molecule has 29 heavy (non-hydrogen) atoms. The first-order valence-electron chi connectivity index (χ1n) is 10.1. The minimum absolute atomic E-state index is 0.0178. The summed E-state index contributed by atoms with van der Waals surface area (Å²) in [5.74, 6) is -1.43. The van der Waals surface area contributed by atoms with Gasteiger partial charge in [0.25, 0.3) is 0 Å². The molecule has 0 amide bonds. The zero-order chi connectivity index (χ0) is 20.9. The summed E-state index contributed by atoms with van der Waals surface area (Å²) in [6.45, 7) is 7.26. The van der Waals surface area contributed by atoms with Crippen LogP contribution in [0.2, 0.25) is 0 Å². The maximum absolute atomic E-state index is 12.5. The fraction of sp³-hybridized carbons (Fsp3) is 0.565. The maximum atomic E-state index is 12.5. The Balaban J connectivity index is 1.51. The molecule has 1 saturated carbocycles. The van der Waals surface area contributed by atoms with Gasteiger partial charge in [-0.25, -0.2) is 9.59 Å². The van der Waals surface area contributed by atoms with Crippen LogP contribution in [-0.4, -0.2) is 47.6 Å². The molecule has 1 spiro atoms. The molecule has 156 valence electrons. The summed E-state index contributed by atoms with van der Waals surface area (Å²) < 4.78 is 18.4. The van der Waals surface area contributed by atoms with Crippen LogP contribution in [0, 0.1) is 10.8 Å². The molecule has 4 aliphatic rings. The second kappa shape index (κ2) is 6.96. The topological polar surface area (TPSA) is 85.4 Å². The summed E-state index contributed by atoms with van der Waals surface area (Å²) in [6, 6.07) is 0. The number of carbonyl (C=O) groups is 2. The quantitative estimate of drug-likeness (QED) is 0.250. The molecule has 6 heteroatoms. The SMILES string of the molecule is CC1=C[C@H]2O[C@@H]3C[C@@H](OC(=O)/C=C/C=C/C=C/C(=O)O)[C@](C)([C@@]2(C)CC1)[C@]31CO1. The third-order valence-electron chi connectivity index (χ3n) is 7.59. The molecule has 1 N–H and O–H groups in total. The summed E-state index contributed by atoms with van der Waals surface area (Å²) in [7, 11) is 0. The fourth-order valence-electron chi connectivity index (χ4n) is 5.60. The number of carbonyl (C=O) groups excluding carboxylic acids is 1. The lowest BCUT2D eigenvalue weighted by Crippen LogP contribution is -2.63. The number of fused-ring (bicyclic) bond motifs is 2. The molecular formula is C23H28O6. The Hall–Kier alpha value is -2.18. The largest absolute Gasteiger partial charge is 0.478 e. The first-order chi connectivity index (χ1) is 13.7. The first kappa shape index (κ1) is 20.1. The molecule has 2 aliphatic carbocycles. The van der Waals surface area contributed by atoms with Crippen molar-refractivity contribution in [2.24, 2.45) is 10.8 Å². The van der Waals surface area contributed by atoms with Crippen LogP contribution < -0.4 is 0 Å². The molecular weight excluding hydrogens is 372 g/mol. The van der Waals surface area contributed by atoms with Gasteiger partial charge in [0.05, 0.1) is 18.8 Å². The molecule has 2 saturated heterocycles. The highest BCUT2D eigenvalue weighted by Crippen LogP contribution is 2.71. The van der Waals surface area contributed by atoms with Gasteiger partial charge in [-0.2, -0.15) is 0 Å². The van der Waals surface area contributed by atoms with Gasteiger partial charge < -0.3 is 19.3 Å². The van der Waals surface area contributed by atoms with Crippen LogP contribution in [0.15, 0.2) is 48.1 Å². The number of allylic oxidation sites excluding steroid dienone is 5. The number of carboxylic acids is 1. The van der Waals surface area contributed by atoms with Crippen LogP contribution in [0.1, 0.15) is 40.0 Å². The molecule has 6 atom stereocenters. The Morgan fingerprint density at radius 2 is 1.90 bits per heavy atom. The van der Waals surface area contributed by atoms with Crippen LogP contribution in [-0.2, 0) is 23.8 Å². The van der Waals surface area contributed by atoms with Gasteiger partial charge in [-0.3, -0.25) is 0 Å². The van der Waals surface area contributed by atoms with Gasteiger partial charge >= 0.3 is 11.9 Å². The number of ether oxygens (including phenoxy) is 3. The normalized spacial score (nSPS) is 43.1. The van der Waals surface area contributed by atoms with E-state index in [1.807, 2.05) is 0 Å². The van der Waals surface area contributed by atoms with E-state index in [4.69, 9.17) is 19.3 Å². The lowest BCUT2D eigenvalue weighted by Gasteiger charge is -2.57. The van der Waals surface area contributed by atoms with E-state index in [2.05, 4.69) is 26.8 Å². The summed E-state index contributed by atoms with van der Waals surface area (Å²) in [6.07, 6.45) is 13.0. The number of carboxylic acid groups (broad SMARTS) is 1. The van der Waals surface area contributed by atoms with Crippen LogP contribution in [0.25, 0.3) is 0 Å². The molecule has 0 unspecified atom stereocenters. The number of hydrogen-bond acceptors (Lipinski definition) is 5. The number of epoxide rings is 1. The standard InChI is InChI=1S/C23H28O6/c1-15-10-11-21(2)16(12-15)28-18-13-17(22(21,3)23(18)14-27-23)29-20(26)9-7-5-4-6-8-19(24)25/h4-9,12,16-18H,10-11,13-14H2,1-3H3,(H,24,25)/b5-4+,8-6+,9-7+/t16-,17-,18-,21+,22-,23+/m1/s1. The van der Waals surface area contributed by atoms with Gasteiger partial charge in [-0.15, -0.1) is 0 Å². The summed E-state index contributed by atoms with van der Waals surface area (Å²) in [5.41, 5.74) is 0.525. The van der Waals surface area contributed by atoms with Crippen molar-refractivity contribution in [1.29, 1.82) is 0 Å².